The second kappa shape index (κ2) is 6.41. The molecule has 1 atom stereocenters. The zero-order chi connectivity index (χ0) is 12.0. The average molecular weight is 221 g/mol. The number of ether oxygens (including phenoxy) is 2. The predicted octanol–water partition coefficient (Wildman–Crippen LogP) is 3.50. The van der Waals surface area contributed by atoms with Crippen molar-refractivity contribution in [2.24, 2.45) is 5.92 Å². The number of methoxy groups -OCH3 is 1. The van der Waals surface area contributed by atoms with E-state index in [0.717, 1.165) is 36.5 Å². The predicted molar refractivity (Wildman–Crippen MR) is 67.0 cm³/mol. The summed E-state index contributed by atoms with van der Waals surface area (Å²) in [6.45, 7) is 8.96. The van der Waals surface area contributed by atoms with Gasteiger partial charge >= 0.3 is 0 Å². The lowest BCUT2D eigenvalue weighted by atomic mass is 10.0. The molecule has 1 aromatic carbocycles. The van der Waals surface area contributed by atoms with Crippen molar-refractivity contribution in [1.29, 1.82) is 0 Å². The first kappa shape index (κ1) is 12.9. The number of hydrogen-bond acceptors (Lipinski definition) is 2. The lowest BCUT2D eigenvalue weighted by molar-refractivity contribution is 0.309. The van der Waals surface area contributed by atoms with Gasteiger partial charge in [0.1, 0.15) is 11.5 Å². The molecule has 0 saturated heterocycles. The van der Waals surface area contributed by atoms with Gasteiger partial charge in [0.25, 0.3) is 0 Å². The molecule has 1 radical (unpaired) electrons. The van der Waals surface area contributed by atoms with Gasteiger partial charge in [-0.1, -0.05) is 26.8 Å². The van der Waals surface area contributed by atoms with Gasteiger partial charge in [0.2, 0.25) is 0 Å². The van der Waals surface area contributed by atoms with Crippen LogP contribution in [0.5, 0.6) is 11.5 Å². The molecule has 0 heterocycles. The molecule has 0 fully saturated rings. The van der Waals surface area contributed by atoms with E-state index in [2.05, 4.69) is 20.8 Å². The first-order valence-electron chi connectivity index (χ1n) is 5.80. The van der Waals surface area contributed by atoms with E-state index in [1.54, 1.807) is 7.11 Å². The fraction of sp³-hybridized carbons (Fsp3) is 0.500. The van der Waals surface area contributed by atoms with Crippen LogP contribution in [0.25, 0.3) is 0 Å². The van der Waals surface area contributed by atoms with Crippen molar-refractivity contribution >= 4 is 0 Å². The van der Waals surface area contributed by atoms with Gasteiger partial charge in [-0.2, -0.15) is 0 Å². The van der Waals surface area contributed by atoms with E-state index in [1.165, 1.54) is 0 Å². The molecule has 0 N–H and O–H groups in total. The molecule has 0 bridgehead atoms. The third-order valence-corrected chi connectivity index (χ3v) is 2.32. The van der Waals surface area contributed by atoms with Crippen molar-refractivity contribution in [1.82, 2.24) is 0 Å². The van der Waals surface area contributed by atoms with E-state index in [-0.39, 0.29) is 0 Å². The van der Waals surface area contributed by atoms with E-state index < -0.39 is 0 Å². The van der Waals surface area contributed by atoms with Gasteiger partial charge in [-0.25, -0.2) is 0 Å². The van der Waals surface area contributed by atoms with Crippen LogP contribution < -0.4 is 9.47 Å². The zero-order valence-electron chi connectivity index (χ0n) is 10.5. The highest BCUT2D eigenvalue weighted by atomic mass is 16.5. The molecule has 16 heavy (non-hydrogen) atoms. The van der Waals surface area contributed by atoms with E-state index in [0.29, 0.717) is 5.92 Å². The zero-order valence-corrected chi connectivity index (χ0v) is 10.5. The quantitative estimate of drug-likeness (QED) is 0.732. The molecule has 1 rings (SSSR count). The van der Waals surface area contributed by atoms with Crippen molar-refractivity contribution in [2.45, 2.75) is 26.7 Å². The van der Waals surface area contributed by atoms with Crippen LogP contribution in [0.1, 0.15) is 25.8 Å². The minimum absolute atomic E-state index is 0.347. The van der Waals surface area contributed by atoms with Gasteiger partial charge in [0, 0.05) is 5.56 Å². The first-order chi connectivity index (χ1) is 7.69. The van der Waals surface area contributed by atoms with E-state index in [1.807, 2.05) is 18.2 Å². The number of rotatable bonds is 6. The lowest BCUT2D eigenvalue weighted by Gasteiger charge is -2.15. The Balaban J connectivity index is 2.95. The second-order valence-corrected chi connectivity index (χ2v) is 4.09. The molecule has 0 saturated carbocycles. The van der Waals surface area contributed by atoms with Gasteiger partial charge < -0.3 is 9.47 Å². The SMILES string of the molecule is [CH2]C(C)Cc1c(OC)cccc1OCCC. The highest BCUT2D eigenvalue weighted by Crippen LogP contribution is 2.30. The molecular weight excluding hydrogens is 200 g/mol. The Morgan fingerprint density at radius 1 is 1.31 bits per heavy atom. The van der Waals surface area contributed by atoms with Crippen LogP contribution in [0.4, 0.5) is 0 Å². The fourth-order valence-electron chi connectivity index (χ4n) is 1.63. The van der Waals surface area contributed by atoms with E-state index in [4.69, 9.17) is 9.47 Å². The van der Waals surface area contributed by atoms with Crippen LogP contribution in [0.3, 0.4) is 0 Å². The fourth-order valence-corrected chi connectivity index (χ4v) is 1.63. The molecule has 0 aliphatic carbocycles. The highest BCUT2D eigenvalue weighted by molar-refractivity contribution is 5.45. The third-order valence-electron chi connectivity index (χ3n) is 2.32. The Labute approximate surface area is 98.6 Å². The van der Waals surface area contributed by atoms with Crippen LogP contribution in [0.15, 0.2) is 18.2 Å². The van der Waals surface area contributed by atoms with Gasteiger partial charge in [0.05, 0.1) is 13.7 Å². The summed E-state index contributed by atoms with van der Waals surface area (Å²) in [6, 6.07) is 5.92. The Bertz CT molecular complexity index is 319. The largest absolute Gasteiger partial charge is 0.496 e. The Hall–Kier alpha value is -1.18. The van der Waals surface area contributed by atoms with E-state index >= 15 is 0 Å². The standard InChI is InChI=1S/C14H21O2/c1-5-9-16-14-8-6-7-13(15-4)12(14)10-11(2)3/h6-8,11H,2,5,9-10H2,1,3-4H3. The number of benzene rings is 1. The summed E-state index contributed by atoms with van der Waals surface area (Å²) in [5.41, 5.74) is 1.13. The molecule has 0 aliphatic heterocycles. The average Bonchev–Trinajstić information content (AvgIpc) is 2.27. The van der Waals surface area contributed by atoms with Crippen LogP contribution >= 0.6 is 0 Å². The molecular formula is C14H21O2. The summed E-state index contributed by atoms with van der Waals surface area (Å²) in [5, 5.41) is 0. The number of hydrogen-bond donors (Lipinski definition) is 0. The van der Waals surface area contributed by atoms with Crippen molar-refractivity contribution in [3.63, 3.8) is 0 Å². The minimum Gasteiger partial charge on any atom is -0.496 e. The maximum absolute atomic E-state index is 5.72. The maximum Gasteiger partial charge on any atom is 0.126 e. The Morgan fingerprint density at radius 2 is 2.00 bits per heavy atom. The molecule has 0 spiro atoms. The lowest BCUT2D eigenvalue weighted by Crippen LogP contribution is -2.04. The van der Waals surface area contributed by atoms with Crippen LogP contribution in [-0.4, -0.2) is 13.7 Å². The summed E-state index contributed by atoms with van der Waals surface area (Å²) in [7, 11) is 1.69. The topological polar surface area (TPSA) is 18.5 Å². The summed E-state index contributed by atoms with van der Waals surface area (Å²) in [6.07, 6.45) is 1.89. The van der Waals surface area contributed by atoms with Gasteiger partial charge in [0.15, 0.2) is 0 Å². The highest BCUT2D eigenvalue weighted by Gasteiger charge is 2.11. The molecule has 2 heteroatoms. The minimum atomic E-state index is 0.347. The normalized spacial score (nSPS) is 10.6. The maximum atomic E-state index is 5.72. The smallest absolute Gasteiger partial charge is 0.126 e. The monoisotopic (exact) mass is 221 g/mol. The van der Waals surface area contributed by atoms with Crippen molar-refractivity contribution in [2.75, 3.05) is 13.7 Å². The molecule has 1 aromatic rings. The second-order valence-electron chi connectivity index (χ2n) is 4.09. The van der Waals surface area contributed by atoms with Crippen LogP contribution in [-0.2, 0) is 6.42 Å². The third kappa shape index (κ3) is 3.44. The van der Waals surface area contributed by atoms with E-state index in [9.17, 15) is 0 Å². The summed E-state index contributed by atoms with van der Waals surface area (Å²) < 4.78 is 11.1. The van der Waals surface area contributed by atoms with Crippen molar-refractivity contribution in [3.05, 3.63) is 30.7 Å². The molecule has 89 valence electrons. The summed E-state index contributed by atoms with van der Waals surface area (Å²) in [4.78, 5) is 0. The van der Waals surface area contributed by atoms with Crippen molar-refractivity contribution in [3.8, 4) is 11.5 Å². The van der Waals surface area contributed by atoms with Gasteiger partial charge in [-0.3, -0.25) is 0 Å². The van der Waals surface area contributed by atoms with Gasteiger partial charge in [-0.05, 0) is 30.9 Å². The summed E-state index contributed by atoms with van der Waals surface area (Å²) >= 11 is 0. The molecule has 2 nitrogen and oxygen atoms in total. The molecule has 0 amide bonds. The molecule has 0 aromatic heterocycles. The Morgan fingerprint density at radius 3 is 2.56 bits per heavy atom. The van der Waals surface area contributed by atoms with Gasteiger partial charge in [-0.15, -0.1) is 0 Å². The summed E-state index contributed by atoms with van der Waals surface area (Å²) in [5.74, 6) is 2.17. The van der Waals surface area contributed by atoms with Crippen LogP contribution in [0.2, 0.25) is 0 Å². The molecule has 0 aliphatic rings. The molecule has 1 unspecified atom stereocenters. The first-order valence-corrected chi connectivity index (χ1v) is 5.80. The van der Waals surface area contributed by atoms with Crippen LogP contribution in [0, 0.1) is 12.8 Å². The Kier molecular flexibility index (Phi) is 5.17. The van der Waals surface area contributed by atoms with Crippen molar-refractivity contribution < 1.29 is 9.47 Å².